The molecule has 4 aromatic rings. The number of halogens is 1. The van der Waals surface area contributed by atoms with Crippen LogP contribution in [0, 0.1) is 0 Å². The number of nitrogens with zero attached hydrogens (tertiary/aromatic N) is 3. The summed E-state index contributed by atoms with van der Waals surface area (Å²) in [5, 5.41) is 6.40. The van der Waals surface area contributed by atoms with E-state index in [9.17, 15) is 0 Å². The molecule has 4 rings (SSSR count). The van der Waals surface area contributed by atoms with Crippen molar-refractivity contribution in [2.24, 2.45) is 0 Å². The first-order valence-electron chi connectivity index (χ1n) is 7.61. The molecule has 0 N–H and O–H groups in total. The Balaban J connectivity index is 0.000000421. The van der Waals surface area contributed by atoms with Gasteiger partial charge < -0.3 is 9.42 Å². The normalized spacial score (nSPS) is 8.92. The van der Waals surface area contributed by atoms with E-state index in [1.807, 2.05) is 18.2 Å². The summed E-state index contributed by atoms with van der Waals surface area (Å²) in [6.45, 7) is 0. The largest absolute Gasteiger partial charge is 0.346 e. The van der Waals surface area contributed by atoms with Crippen molar-refractivity contribution in [3.05, 3.63) is 103 Å². The van der Waals surface area contributed by atoms with Crippen LogP contribution in [0.15, 0.2) is 108 Å². The Labute approximate surface area is 154 Å². The summed E-state index contributed by atoms with van der Waals surface area (Å²) in [5.74, 6) is 0. The molecule has 0 spiro atoms. The Morgan fingerprint density at radius 3 is 1.23 bits per heavy atom. The molecule has 0 atom stereocenters. The molecule has 3 radical (unpaired) electrons. The highest BCUT2D eigenvalue weighted by atomic mass is 19.0. The zero-order valence-corrected chi connectivity index (χ0v) is 14.1. The van der Waals surface area contributed by atoms with Crippen LogP contribution in [0.3, 0.4) is 0 Å². The number of rotatable bonds is 3. The second-order valence-electron chi connectivity index (χ2n) is 4.93. The Kier molecular flexibility index (Phi) is 8.89. The second-order valence-corrected chi connectivity index (χ2v) is 4.93. The van der Waals surface area contributed by atoms with Gasteiger partial charge in [-0.15, -0.1) is 5.10 Å². The molecular formula is C20H18BFN3O. The van der Waals surface area contributed by atoms with E-state index in [1.54, 1.807) is 0 Å². The van der Waals surface area contributed by atoms with Gasteiger partial charge in [-0.1, -0.05) is 54.6 Å². The van der Waals surface area contributed by atoms with Gasteiger partial charge in [-0.3, -0.25) is 4.70 Å². The number of para-hydroxylation sites is 3. The molecule has 0 amide bonds. The van der Waals surface area contributed by atoms with Crippen LogP contribution in [0.25, 0.3) is 0 Å². The highest BCUT2D eigenvalue weighted by molar-refractivity contribution is 5.76. The standard InChI is InChI=1S/C18H15N.C2H2N2O.B.FH/c1-4-10-16(11-5-1)19(17-12-6-2-7-13-17)18-14-8-3-9-15-18;1-2-5-4-3-1;;/h1-15H;1-2H;;1H. The van der Waals surface area contributed by atoms with E-state index in [2.05, 4.69) is 92.6 Å². The fourth-order valence-corrected chi connectivity index (χ4v) is 2.31. The van der Waals surface area contributed by atoms with Crippen LogP contribution in [0.4, 0.5) is 21.8 Å². The number of benzene rings is 3. The predicted octanol–water partition coefficient (Wildman–Crippen LogP) is 5.00. The lowest BCUT2D eigenvalue weighted by molar-refractivity contribution is 0.393. The zero-order valence-electron chi connectivity index (χ0n) is 14.1. The summed E-state index contributed by atoms with van der Waals surface area (Å²) < 4.78 is 4.22. The lowest BCUT2D eigenvalue weighted by Gasteiger charge is -2.25. The molecule has 0 fully saturated rings. The summed E-state index contributed by atoms with van der Waals surface area (Å²) in [5.41, 5.74) is 3.50. The summed E-state index contributed by atoms with van der Waals surface area (Å²) >= 11 is 0. The molecule has 1 heterocycles. The number of aromatic nitrogens is 2. The third-order valence-electron chi connectivity index (χ3n) is 3.33. The van der Waals surface area contributed by atoms with Gasteiger partial charge in [0.2, 0.25) is 0 Å². The van der Waals surface area contributed by atoms with Gasteiger partial charge in [-0.05, 0) is 36.4 Å². The minimum atomic E-state index is 0. The van der Waals surface area contributed by atoms with Crippen LogP contribution in [0.1, 0.15) is 0 Å². The van der Waals surface area contributed by atoms with Crippen molar-refractivity contribution in [1.82, 2.24) is 10.4 Å². The third-order valence-corrected chi connectivity index (χ3v) is 3.33. The Hall–Kier alpha value is -3.41. The van der Waals surface area contributed by atoms with E-state index in [1.165, 1.54) is 29.5 Å². The van der Waals surface area contributed by atoms with Crippen LogP contribution < -0.4 is 4.90 Å². The van der Waals surface area contributed by atoms with Crippen molar-refractivity contribution < 1.29 is 9.23 Å². The molecule has 26 heavy (non-hydrogen) atoms. The molecule has 0 aliphatic heterocycles. The van der Waals surface area contributed by atoms with Crippen LogP contribution >= 0.6 is 0 Å². The van der Waals surface area contributed by atoms with Crippen molar-refractivity contribution in [3.63, 3.8) is 0 Å². The maximum atomic E-state index is 4.22. The fourth-order valence-electron chi connectivity index (χ4n) is 2.31. The van der Waals surface area contributed by atoms with Crippen LogP contribution in [0.5, 0.6) is 0 Å². The Morgan fingerprint density at radius 2 is 1.00 bits per heavy atom. The van der Waals surface area contributed by atoms with E-state index >= 15 is 0 Å². The molecule has 0 aliphatic carbocycles. The molecule has 6 heteroatoms. The first-order chi connectivity index (χ1) is 11.9. The lowest BCUT2D eigenvalue weighted by atomic mass is 10.2. The fraction of sp³-hybridized carbons (Fsp3) is 0. The van der Waals surface area contributed by atoms with Gasteiger partial charge >= 0.3 is 0 Å². The summed E-state index contributed by atoms with van der Waals surface area (Å²) in [6, 6.07) is 31.3. The molecule has 0 bridgehead atoms. The van der Waals surface area contributed by atoms with Crippen molar-refractivity contribution in [1.29, 1.82) is 0 Å². The maximum Gasteiger partial charge on any atom is 0.144 e. The zero-order chi connectivity index (χ0) is 16.5. The monoisotopic (exact) mass is 346 g/mol. The van der Waals surface area contributed by atoms with E-state index in [0.717, 1.165) is 0 Å². The van der Waals surface area contributed by atoms with Gasteiger partial charge in [0.05, 0.1) is 6.20 Å². The number of anilines is 3. The smallest absolute Gasteiger partial charge is 0.144 e. The van der Waals surface area contributed by atoms with Gasteiger partial charge in [0.1, 0.15) is 6.26 Å². The van der Waals surface area contributed by atoms with Crippen LogP contribution in [0.2, 0.25) is 0 Å². The molecule has 0 aliphatic rings. The highest BCUT2D eigenvalue weighted by Crippen LogP contribution is 2.33. The number of hydrogen-bond donors (Lipinski definition) is 0. The minimum absolute atomic E-state index is 0. The quantitative estimate of drug-likeness (QED) is 0.490. The van der Waals surface area contributed by atoms with Gasteiger partial charge in [-0.2, -0.15) is 0 Å². The molecule has 4 nitrogen and oxygen atoms in total. The van der Waals surface area contributed by atoms with E-state index < -0.39 is 0 Å². The average Bonchev–Trinajstić information content (AvgIpc) is 3.25. The average molecular weight is 346 g/mol. The van der Waals surface area contributed by atoms with Gasteiger partial charge in [-0.25, -0.2) is 0 Å². The maximum absolute atomic E-state index is 4.22. The summed E-state index contributed by atoms with van der Waals surface area (Å²) in [7, 11) is 0. The first kappa shape index (κ1) is 20.6. The first-order valence-corrected chi connectivity index (χ1v) is 7.61. The summed E-state index contributed by atoms with van der Waals surface area (Å²) in [6.07, 6.45) is 2.88. The molecule has 3 aromatic carbocycles. The molecule has 1 aromatic heterocycles. The molecule has 129 valence electrons. The predicted molar refractivity (Wildman–Crippen MR) is 104 cm³/mol. The van der Waals surface area contributed by atoms with Crippen molar-refractivity contribution >= 4 is 25.5 Å². The van der Waals surface area contributed by atoms with Crippen molar-refractivity contribution in [2.75, 3.05) is 4.90 Å². The van der Waals surface area contributed by atoms with E-state index in [-0.39, 0.29) is 13.1 Å². The van der Waals surface area contributed by atoms with Crippen LogP contribution in [-0.2, 0) is 0 Å². The molecular weight excluding hydrogens is 328 g/mol. The second kappa shape index (κ2) is 11.2. The minimum Gasteiger partial charge on any atom is -0.346 e. The topological polar surface area (TPSA) is 42.2 Å². The van der Waals surface area contributed by atoms with Crippen molar-refractivity contribution in [2.45, 2.75) is 0 Å². The van der Waals surface area contributed by atoms with E-state index in [0.29, 0.717) is 0 Å². The molecule has 0 saturated carbocycles. The van der Waals surface area contributed by atoms with Crippen molar-refractivity contribution in [3.8, 4) is 0 Å². The number of hydrogen-bond acceptors (Lipinski definition) is 4. The molecule has 0 unspecified atom stereocenters. The summed E-state index contributed by atoms with van der Waals surface area (Å²) in [4.78, 5) is 2.25. The third kappa shape index (κ3) is 5.59. The van der Waals surface area contributed by atoms with Gasteiger partial charge in [0, 0.05) is 30.7 Å². The van der Waals surface area contributed by atoms with E-state index in [4.69, 9.17) is 0 Å². The SMILES string of the molecule is F.[B].c1ccc(N(c2ccccc2)c2ccccc2)cc1.c1conn1. The van der Waals surface area contributed by atoms with Gasteiger partial charge in [0.25, 0.3) is 0 Å². The highest BCUT2D eigenvalue weighted by Gasteiger charge is 2.10. The van der Waals surface area contributed by atoms with Crippen LogP contribution in [-0.4, -0.2) is 18.8 Å². The Bertz CT molecular complexity index is 704. The van der Waals surface area contributed by atoms with Gasteiger partial charge in [0.15, 0.2) is 0 Å². The Morgan fingerprint density at radius 1 is 0.615 bits per heavy atom. The molecule has 0 saturated heterocycles. The lowest BCUT2D eigenvalue weighted by Crippen LogP contribution is -2.09.